The van der Waals surface area contributed by atoms with Gasteiger partial charge in [0.15, 0.2) is 18.2 Å². The first-order valence-corrected chi connectivity index (χ1v) is 11.1. The SMILES string of the molecule is O=C(COC(=O)CCN1C(=O)c2ccccc2C1=O)Nc1ccc2c(c1)C(=O)c1ccccc1C2=O. The van der Waals surface area contributed by atoms with Crippen molar-refractivity contribution < 1.29 is 33.5 Å². The number of rotatable bonds is 6. The van der Waals surface area contributed by atoms with Gasteiger partial charge in [-0.1, -0.05) is 36.4 Å². The van der Waals surface area contributed by atoms with Crippen molar-refractivity contribution in [3.05, 3.63) is 100 Å². The number of carbonyl (C=O) groups excluding carboxylic acids is 6. The summed E-state index contributed by atoms with van der Waals surface area (Å²) < 4.78 is 4.96. The Balaban J connectivity index is 1.16. The van der Waals surface area contributed by atoms with E-state index in [1.165, 1.54) is 18.2 Å². The van der Waals surface area contributed by atoms with E-state index in [1.54, 1.807) is 48.5 Å². The van der Waals surface area contributed by atoms with Crippen LogP contribution in [0.25, 0.3) is 0 Å². The van der Waals surface area contributed by atoms with Gasteiger partial charge in [-0.05, 0) is 30.3 Å². The molecule has 1 N–H and O–H groups in total. The molecule has 3 aromatic carbocycles. The molecule has 9 heteroatoms. The quantitative estimate of drug-likeness (QED) is 0.331. The predicted octanol–water partition coefficient (Wildman–Crippen LogP) is 2.63. The number of amides is 3. The van der Waals surface area contributed by atoms with Gasteiger partial charge in [0.1, 0.15) is 0 Å². The lowest BCUT2D eigenvalue weighted by atomic mass is 9.84. The summed E-state index contributed by atoms with van der Waals surface area (Å²) in [4.78, 5) is 75.5. The standard InChI is InChI=1S/C27H18N2O7/c30-22(14-36-23(31)11-12-29-26(34)19-7-3-4-8-20(19)27(29)35)28-15-9-10-18-21(13-15)25(33)17-6-2-1-5-16(17)24(18)32/h1-10,13H,11-12,14H2,(H,28,30). The maximum Gasteiger partial charge on any atom is 0.308 e. The molecule has 0 radical (unpaired) electrons. The minimum atomic E-state index is -0.760. The molecule has 3 aromatic rings. The average molecular weight is 482 g/mol. The number of hydrogen-bond acceptors (Lipinski definition) is 7. The van der Waals surface area contributed by atoms with Crippen molar-refractivity contribution >= 4 is 40.9 Å². The second kappa shape index (κ2) is 9.03. The first kappa shape index (κ1) is 22.9. The van der Waals surface area contributed by atoms with Crippen LogP contribution in [0, 0.1) is 0 Å². The van der Waals surface area contributed by atoms with Crippen LogP contribution in [0.5, 0.6) is 0 Å². The highest BCUT2D eigenvalue weighted by Gasteiger charge is 2.35. The van der Waals surface area contributed by atoms with Crippen LogP contribution < -0.4 is 5.32 Å². The largest absolute Gasteiger partial charge is 0.456 e. The Morgan fingerprint density at radius 3 is 1.83 bits per heavy atom. The number of fused-ring (bicyclic) bond motifs is 3. The van der Waals surface area contributed by atoms with Crippen LogP contribution >= 0.6 is 0 Å². The highest BCUT2D eigenvalue weighted by Crippen LogP contribution is 2.29. The number of ketones is 2. The van der Waals surface area contributed by atoms with E-state index in [1.807, 2.05) is 0 Å². The van der Waals surface area contributed by atoms with Gasteiger partial charge in [-0.3, -0.25) is 33.7 Å². The molecular weight excluding hydrogens is 464 g/mol. The molecule has 0 bridgehead atoms. The van der Waals surface area contributed by atoms with Crippen molar-refractivity contribution in [2.24, 2.45) is 0 Å². The topological polar surface area (TPSA) is 127 Å². The van der Waals surface area contributed by atoms with Crippen LogP contribution in [0.15, 0.2) is 66.7 Å². The van der Waals surface area contributed by atoms with E-state index in [0.717, 1.165) is 4.90 Å². The molecule has 1 heterocycles. The number of hydrogen-bond donors (Lipinski definition) is 1. The Labute approximate surface area is 204 Å². The lowest BCUT2D eigenvalue weighted by Crippen LogP contribution is -2.32. The number of nitrogens with zero attached hydrogens (tertiary/aromatic N) is 1. The lowest BCUT2D eigenvalue weighted by molar-refractivity contribution is -0.147. The maximum absolute atomic E-state index is 12.8. The van der Waals surface area contributed by atoms with E-state index in [4.69, 9.17) is 4.74 Å². The Morgan fingerprint density at radius 2 is 1.22 bits per heavy atom. The molecule has 0 saturated carbocycles. The van der Waals surface area contributed by atoms with Crippen molar-refractivity contribution in [3.8, 4) is 0 Å². The Kier molecular flexibility index (Phi) is 5.73. The number of imide groups is 1. The summed E-state index contributed by atoms with van der Waals surface area (Å²) in [6, 6.07) is 17.3. The maximum atomic E-state index is 12.8. The van der Waals surface area contributed by atoms with Gasteiger partial charge in [0.05, 0.1) is 17.5 Å². The van der Waals surface area contributed by atoms with E-state index in [0.29, 0.717) is 11.1 Å². The molecule has 2 aliphatic rings. The molecule has 5 rings (SSSR count). The van der Waals surface area contributed by atoms with E-state index in [9.17, 15) is 28.8 Å². The summed E-state index contributed by atoms with van der Waals surface area (Å²) in [6.07, 6.45) is -0.270. The van der Waals surface area contributed by atoms with Crippen molar-refractivity contribution in [1.82, 2.24) is 4.90 Å². The van der Waals surface area contributed by atoms with Crippen LogP contribution in [0.2, 0.25) is 0 Å². The van der Waals surface area contributed by atoms with Crippen LogP contribution in [-0.4, -0.2) is 53.3 Å². The lowest BCUT2D eigenvalue weighted by Gasteiger charge is -2.18. The molecule has 1 aliphatic heterocycles. The molecule has 1 aliphatic carbocycles. The third-order valence-electron chi connectivity index (χ3n) is 5.99. The fourth-order valence-electron chi connectivity index (χ4n) is 4.24. The van der Waals surface area contributed by atoms with Crippen LogP contribution in [0.4, 0.5) is 5.69 Å². The van der Waals surface area contributed by atoms with Crippen LogP contribution in [0.1, 0.15) is 59.0 Å². The van der Waals surface area contributed by atoms with Crippen molar-refractivity contribution in [2.45, 2.75) is 6.42 Å². The highest BCUT2D eigenvalue weighted by molar-refractivity contribution is 6.28. The zero-order valence-electron chi connectivity index (χ0n) is 18.8. The molecule has 36 heavy (non-hydrogen) atoms. The van der Waals surface area contributed by atoms with Gasteiger partial charge >= 0.3 is 5.97 Å². The number of carbonyl (C=O) groups is 6. The van der Waals surface area contributed by atoms with E-state index in [-0.39, 0.29) is 52.5 Å². The zero-order valence-corrected chi connectivity index (χ0v) is 18.8. The molecule has 178 valence electrons. The van der Waals surface area contributed by atoms with Gasteiger partial charge in [0.2, 0.25) is 0 Å². The summed E-state index contributed by atoms with van der Waals surface area (Å²) >= 11 is 0. The van der Waals surface area contributed by atoms with Gasteiger partial charge in [-0.2, -0.15) is 0 Å². The summed E-state index contributed by atoms with van der Waals surface area (Å²) in [7, 11) is 0. The van der Waals surface area contributed by atoms with Gasteiger partial charge in [0.25, 0.3) is 17.7 Å². The fraction of sp³-hybridized carbons (Fsp3) is 0.111. The third kappa shape index (κ3) is 3.96. The van der Waals surface area contributed by atoms with Crippen molar-refractivity contribution in [3.63, 3.8) is 0 Å². The molecule has 0 saturated heterocycles. The minimum absolute atomic E-state index is 0.171. The molecule has 0 spiro atoms. The van der Waals surface area contributed by atoms with E-state index < -0.39 is 30.3 Å². The van der Waals surface area contributed by atoms with Gasteiger partial charge < -0.3 is 10.1 Å². The second-order valence-corrected chi connectivity index (χ2v) is 8.23. The van der Waals surface area contributed by atoms with Crippen LogP contribution in [0.3, 0.4) is 0 Å². The first-order chi connectivity index (χ1) is 17.3. The molecule has 0 atom stereocenters. The molecule has 9 nitrogen and oxygen atoms in total. The molecule has 0 fully saturated rings. The summed E-state index contributed by atoms with van der Waals surface area (Å²) in [6.45, 7) is -0.775. The normalized spacial score (nSPS) is 13.7. The average Bonchev–Trinajstić information content (AvgIpc) is 3.14. The monoisotopic (exact) mass is 482 g/mol. The van der Waals surface area contributed by atoms with Gasteiger partial charge in [-0.25, -0.2) is 0 Å². The first-order valence-electron chi connectivity index (χ1n) is 11.1. The zero-order chi connectivity index (χ0) is 25.4. The number of esters is 1. The molecule has 0 aromatic heterocycles. The van der Waals surface area contributed by atoms with Crippen molar-refractivity contribution in [2.75, 3.05) is 18.5 Å². The van der Waals surface area contributed by atoms with E-state index >= 15 is 0 Å². The van der Waals surface area contributed by atoms with Crippen LogP contribution in [-0.2, 0) is 14.3 Å². The number of ether oxygens (including phenoxy) is 1. The Bertz CT molecular complexity index is 1460. The smallest absolute Gasteiger partial charge is 0.308 e. The number of nitrogens with one attached hydrogen (secondary N) is 1. The number of anilines is 1. The Morgan fingerprint density at radius 1 is 0.694 bits per heavy atom. The summed E-state index contributed by atoms with van der Waals surface area (Å²) in [5, 5.41) is 2.53. The molecule has 0 unspecified atom stereocenters. The number of benzene rings is 3. The van der Waals surface area contributed by atoms with Gasteiger partial charge in [-0.15, -0.1) is 0 Å². The molecule has 3 amide bonds. The fourth-order valence-corrected chi connectivity index (χ4v) is 4.24. The van der Waals surface area contributed by atoms with Crippen molar-refractivity contribution in [1.29, 1.82) is 0 Å². The predicted molar refractivity (Wildman–Crippen MR) is 126 cm³/mol. The third-order valence-corrected chi connectivity index (χ3v) is 5.99. The van der Waals surface area contributed by atoms with E-state index in [2.05, 4.69) is 5.32 Å². The second-order valence-electron chi connectivity index (χ2n) is 8.23. The summed E-state index contributed by atoms with van der Waals surface area (Å²) in [5.41, 5.74) is 1.88. The Hall–Kier alpha value is -4.92. The minimum Gasteiger partial charge on any atom is -0.456 e. The van der Waals surface area contributed by atoms with Gasteiger partial charge in [0, 0.05) is 34.5 Å². The highest BCUT2D eigenvalue weighted by atomic mass is 16.5. The molecular formula is C27H18N2O7. The summed E-state index contributed by atoms with van der Waals surface area (Å²) in [5.74, 6) is -2.97.